The summed E-state index contributed by atoms with van der Waals surface area (Å²) >= 11 is 0. The third-order valence-electron chi connectivity index (χ3n) is 5.13. The van der Waals surface area contributed by atoms with Crippen molar-refractivity contribution in [1.29, 1.82) is 0 Å². The monoisotopic (exact) mass is 376 g/mol. The third-order valence-corrected chi connectivity index (χ3v) is 5.13. The highest BCUT2D eigenvalue weighted by Gasteiger charge is 2.17. The fourth-order valence-electron chi connectivity index (χ4n) is 3.39. The summed E-state index contributed by atoms with van der Waals surface area (Å²) in [5.41, 5.74) is 2.40. The predicted molar refractivity (Wildman–Crippen MR) is 113 cm³/mol. The first-order chi connectivity index (χ1) is 12.6. The van der Waals surface area contributed by atoms with Crippen LogP contribution in [0.4, 0.5) is 0 Å². The molecule has 0 aliphatic heterocycles. The van der Waals surface area contributed by atoms with E-state index in [2.05, 4.69) is 32.9 Å². The maximum atomic E-state index is 10.5. The number of rotatable bonds is 13. The van der Waals surface area contributed by atoms with Gasteiger partial charge in [0.15, 0.2) is 0 Å². The number of benzene rings is 1. The number of hydrogen-bond donors (Lipinski definition) is 1. The molecule has 0 aromatic heterocycles. The predicted octanol–water partition coefficient (Wildman–Crippen LogP) is 6.60. The van der Waals surface area contributed by atoms with Crippen LogP contribution in [0.2, 0.25) is 0 Å². The molecule has 1 aromatic carbocycles. The van der Waals surface area contributed by atoms with Gasteiger partial charge in [0.05, 0.1) is 0 Å². The van der Waals surface area contributed by atoms with E-state index in [0.29, 0.717) is 17.6 Å². The second kappa shape index (κ2) is 11.4. The Balaban J connectivity index is 2.34. The lowest BCUT2D eigenvalue weighted by Gasteiger charge is -2.22. The maximum absolute atomic E-state index is 10.5. The Bertz CT molecular complexity index is 555. The molecule has 27 heavy (non-hydrogen) atoms. The number of unbranched alkanes of at least 4 members (excludes halogenated alkanes) is 4. The van der Waals surface area contributed by atoms with Crippen molar-refractivity contribution >= 4 is 6.47 Å². The first-order valence-electron chi connectivity index (χ1n) is 10.6. The quantitative estimate of drug-likeness (QED) is 0.312. The smallest absolute Gasteiger partial charge is 0.293 e. The largest absolute Gasteiger partial charge is 0.508 e. The summed E-state index contributed by atoms with van der Waals surface area (Å²) in [7, 11) is 0. The van der Waals surface area contributed by atoms with Gasteiger partial charge in [-0.05, 0) is 81.4 Å². The van der Waals surface area contributed by atoms with Gasteiger partial charge < -0.3 is 9.84 Å². The van der Waals surface area contributed by atoms with E-state index in [1.54, 1.807) is 0 Å². The van der Waals surface area contributed by atoms with Gasteiger partial charge in [-0.2, -0.15) is 0 Å². The zero-order chi connectivity index (χ0) is 20.3. The molecule has 3 nitrogen and oxygen atoms in total. The lowest BCUT2D eigenvalue weighted by atomic mass is 9.89. The van der Waals surface area contributed by atoms with Crippen molar-refractivity contribution in [3.8, 4) is 5.75 Å². The standard InChI is InChI=1S/C24H40O3/c1-23(2,3)16-10-7-6-8-12-20-14-15-22(26)21(18-20)13-9-11-17-24(4,5)27-19-25/h14-15,18-19,26H,6-13,16-17H2,1-5H3. The molecule has 0 aliphatic rings. The molecule has 0 saturated heterocycles. The van der Waals surface area contributed by atoms with Gasteiger partial charge in [0.25, 0.3) is 6.47 Å². The Morgan fingerprint density at radius 1 is 0.889 bits per heavy atom. The summed E-state index contributed by atoms with van der Waals surface area (Å²) < 4.78 is 5.09. The van der Waals surface area contributed by atoms with Gasteiger partial charge in [-0.25, -0.2) is 0 Å². The van der Waals surface area contributed by atoms with Crippen LogP contribution in [-0.2, 0) is 22.4 Å². The molecule has 0 amide bonds. The zero-order valence-corrected chi connectivity index (χ0v) is 18.1. The Hall–Kier alpha value is -1.51. The molecule has 0 spiro atoms. The average Bonchev–Trinajstić information content (AvgIpc) is 2.56. The van der Waals surface area contributed by atoms with Gasteiger partial charge in [0, 0.05) is 0 Å². The van der Waals surface area contributed by atoms with Gasteiger partial charge in [-0.15, -0.1) is 0 Å². The van der Waals surface area contributed by atoms with Crippen LogP contribution >= 0.6 is 0 Å². The number of phenolic OH excluding ortho intramolecular Hbond substituents is 1. The van der Waals surface area contributed by atoms with Gasteiger partial charge in [0.1, 0.15) is 11.4 Å². The van der Waals surface area contributed by atoms with Crippen LogP contribution in [0, 0.1) is 5.41 Å². The topological polar surface area (TPSA) is 46.5 Å². The summed E-state index contributed by atoms with van der Waals surface area (Å²) in [4.78, 5) is 10.5. The Morgan fingerprint density at radius 3 is 2.19 bits per heavy atom. The second-order valence-electron chi connectivity index (χ2n) is 9.62. The summed E-state index contributed by atoms with van der Waals surface area (Å²) in [6.07, 6.45) is 11.1. The molecule has 1 N–H and O–H groups in total. The van der Waals surface area contributed by atoms with Crippen LogP contribution in [-0.4, -0.2) is 17.2 Å². The molecule has 0 unspecified atom stereocenters. The highest BCUT2D eigenvalue weighted by Crippen LogP contribution is 2.25. The van der Waals surface area contributed by atoms with Crippen molar-refractivity contribution in [2.24, 2.45) is 5.41 Å². The van der Waals surface area contributed by atoms with E-state index in [0.717, 1.165) is 37.7 Å². The van der Waals surface area contributed by atoms with E-state index in [9.17, 15) is 9.90 Å². The lowest BCUT2D eigenvalue weighted by Crippen LogP contribution is -2.23. The molecule has 3 heteroatoms. The van der Waals surface area contributed by atoms with Gasteiger partial charge in [0.2, 0.25) is 0 Å². The molecular weight excluding hydrogens is 336 g/mol. The molecule has 0 bridgehead atoms. The molecule has 0 saturated carbocycles. The van der Waals surface area contributed by atoms with Crippen molar-refractivity contribution in [2.75, 3.05) is 0 Å². The molecule has 0 radical (unpaired) electrons. The number of carbonyl (C=O) groups is 1. The molecule has 0 atom stereocenters. The Labute approximate surface area is 166 Å². The second-order valence-corrected chi connectivity index (χ2v) is 9.62. The summed E-state index contributed by atoms with van der Waals surface area (Å²) in [6, 6.07) is 6.05. The van der Waals surface area contributed by atoms with Gasteiger partial charge in [-0.3, -0.25) is 4.79 Å². The Morgan fingerprint density at radius 2 is 1.52 bits per heavy atom. The minimum absolute atomic E-state index is 0.396. The van der Waals surface area contributed by atoms with Crippen molar-refractivity contribution in [1.82, 2.24) is 0 Å². The number of aryl methyl sites for hydroxylation is 2. The number of hydrogen-bond acceptors (Lipinski definition) is 3. The van der Waals surface area contributed by atoms with E-state index in [4.69, 9.17) is 4.74 Å². The van der Waals surface area contributed by atoms with Gasteiger partial charge >= 0.3 is 0 Å². The third kappa shape index (κ3) is 11.0. The zero-order valence-electron chi connectivity index (χ0n) is 18.1. The van der Waals surface area contributed by atoms with Crippen LogP contribution in [0.25, 0.3) is 0 Å². The molecule has 0 aliphatic carbocycles. The highest BCUT2D eigenvalue weighted by molar-refractivity contribution is 5.38. The van der Waals surface area contributed by atoms with Crippen LogP contribution in [0.5, 0.6) is 5.75 Å². The Kier molecular flexibility index (Phi) is 9.90. The SMILES string of the molecule is CC(C)(C)CCCCCCc1ccc(O)c(CCCCC(C)(C)OC=O)c1. The normalized spacial score (nSPS) is 12.2. The maximum Gasteiger partial charge on any atom is 0.293 e. The average molecular weight is 377 g/mol. The molecule has 0 fully saturated rings. The number of aromatic hydroxyl groups is 1. The van der Waals surface area contributed by atoms with Crippen molar-refractivity contribution in [2.45, 2.75) is 104 Å². The minimum atomic E-state index is -0.404. The van der Waals surface area contributed by atoms with Crippen LogP contribution in [0.1, 0.15) is 97.1 Å². The number of ether oxygens (including phenoxy) is 1. The number of phenols is 1. The van der Waals surface area contributed by atoms with E-state index in [1.807, 2.05) is 19.9 Å². The number of carbonyl (C=O) groups excluding carboxylic acids is 1. The van der Waals surface area contributed by atoms with E-state index in [1.165, 1.54) is 37.7 Å². The molecule has 1 aromatic rings. The van der Waals surface area contributed by atoms with Crippen LogP contribution in [0.15, 0.2) is 18.2 Å². The van der Waals surface area contributed by atoms with E-state index < -0.39 is 5.60 Å². The van der Waals surface area contributed by atoms with Crippen molar-refractivity contribution in [3.63, 3.8) is 0 Å². The van der Waals surface area contributed by atoms with Crippen LogP contribution < -0.4 is 0 Å². The van der Waals surface area contributed by atoms with E-state index in [-0.39, 0.29) is 0 Å². The fourth-order valence-corrected chi connectivity index (χ4v) is 3.39. The molecule has 0 heterocycles. The van der Waals surface area contributed by atoms with Gasteiger partial charge in [-0.1, -0.05) is 52.2 Å². The van der Waals surface area contributed by atoms with E-state index >= 15 is 0 Å². The first-order valence-corrected chi connectivity index (χ1v) is 10.6. The molecule has 154 valence electrons. The summed E-state index contributed by atoms with van der Waals surface area (Å²) in [6.45, 7) is 11.3. The summed E-state index contributed by atoms with van der Waals surface area (Å²) in [5.74, 6) is 0.396. The van der Waals surface area contributed by atoms with Crippen LogP contribution in [0.3, 0.4) is 0 Å². The summed E-state index contributed by atoms with van der Waals surface area (Å²) in [5, 5.41) is 10.1. The fraction of sp³-hybridized carbons (Fsp3) is 0.708. The van der Waals surface area contributed by atoms with Crippen molar-refractivity contribution < 1.29 is 14.6 Å². The van der Waals surface area contributed by atoms with Crippen molar-refractivity contribution in [3.05, 3.63) is 29.3 Å². The highest BCUT2D eigenvalue weighted by atomic mass is 16.5. The lowest BCUT2D eigenvalue weighted by molar-refractivity contribution is -0.140. The molecular formula is C24H40O3. The first kappa shape index (κ1) is 23.5. The minimum Gasteiger partial charge on any atom is -0.508 e. The molecule has 1 rings (SSSR count).